The van der Waals surface area contributed by atoms with Crippen LogP contribution in [0.25, 0.3) is 0 Å². The van der Waals surface area contributed by atoms with Crippen LogP contribution in [0.15, 0.2) is 0 Å². The standard InChI is InChI=1S/C4H11NO4S/c5-4-10(7,8)9-3-1-2-6/h6H,1-5H2. The molecule has 5 nitrogen and oxygen atoms in total. The van der Waals surface area contributed by atoms with Gasteiger partial charge >= 0.3 is 0 Å². The highest BCUT2D eigenvalue weighted by Crippen LogP contribution is 1.90. The fourth-order valence-electron chi connectivity index (χ4n) is 0.299. The van der Waals surface area contributed by atoms with Gasteiger partial charge in [-0.05, 0) is 6.42 Å². The van der Waals surface area contributed by atoms with Crippen molar-refractivity contribution in [3.8, 4) is 0 Å². The molecule has 0 aromatic rings. The van der Waals surface area contributed by atoms with Gasteiger partial charge in [0.2, 0.25) is 0 Å². The Hall–Kier alpha value is -0.170. The summed E-state index contributed by atoms with van der Waals surface area (Å²) in [5.74, 6) is -0.515. The van der Waals surface area contributed by atoms with Crippen LogP contribution in [0.4, 0.5) is 0 Å². The predicted molar refractivity (Wildman–Crippen MR) is 35.6 cm³/mol. The summed E-state index contributed by atoms with van der Waals surface area (Å²) < 4.78 is 25.2. The van der Waals surface area contributed by atoms with Crippen molar-refractivity contribution < 1.29 is 17.7 Å². The Balaban J connectivity index is 3.49. The van der Waals surface area contributed by atoms with Crippen LogP contribution in [0.1, 0.15) is 6.42 Å². The first-order chi connectivity index (χ1) is 4.62. The lowest BCUT2D eigenvalue weighted by molar-refractivity contribution is 0.237. The van der Waals surface area contributed by atoms with E-state index in [9.17, 15) is 8.42 Å². The summed E-state index contributed by atoms with van der Waals surface area (Å²) >= 11 is 0. The second-order valence-corrected chi connectivity index (χ2v) is 3.31. The summed E-state index contributed by atoms with van der Waals surface area (Å²) in [6.07, 6.45) is 0.305. The molecule has 0 heterocycles. The van der Waals surface area contributed by atoms with Crippen molar-refractivity contribution in [2.24, 2.45) is 5.73 Å². The number of nitrogens with two attached hydrogens (primary N) is 1. The Morgan fingerprint density at radius 3 is 2.50 bits per heavy atom. The average molecular weight is 169 g/mol. The first-order valence-corrected chi connectivity index (χ1v) is 4.38. The van der Waals surface area contributed by atoms with Crippen LogP contribution in [-0.4, -0.2) is 32.6 Å². The Morgan fingerprint density at radius 2 is 2.10 bits per heavy atom. The molecular formula is C4H11NO4S. The van der Waals surface area contributed by atoms with Crippen LogP contribution in [0, 0.1) is 0 Å². The van der Waals surface area contributed by atoms with Gasteiger partial charge in [0.15, 0.2) is 0 Å². The number of aliphatic hydroxyl groups excluding tert-OH is 1. The van der Waals surface area contributed by atoms with E-state index >= 15 is 0 Å². The van der Waals surface area contributed by atoms with Crippen LogP contribution in [0.3, 0.4) is 0 Å². The quantitative estimate of drug-likeness (QED) is 0.391. The highest BCUT2D eigenvalue weighted by molar-refractivity contribution is 7.86. The molecule has 62 valence electrons. The monoisotopic (exact) mass is 169 g/mol. The molecule has 3 N–H and O–H groups in total. The minimum absolute atomic E-state index is 0.00394. The molecule has 0 spiro atoms. The number of rotatable bonds is 5. The van der Waals surface area contributed by atoms with Gasteiger partial charge in [-0.1, -0.05) is 0 Å². The first kappa shape index (κ1) is 9.83. The van der Waals surface area contributed by atoms with Gasteiger partial charge in [-0.15, -0.1) is 0 Å². The molecule has 6 heteroatoms. The van der Waals surface area contributed by atoms with E-state index in [0.29, 0.717) is 6.42 Å². The van der Waals surface area contributed by atoms with Crippen LogP contribution in [-0.2, 0) is 14.3 Å². The number of aliphatic hydroxyl groups is 1. The van der Waals surface area contributed by atoms with Gasteiger partial charge in [-0.2, -0.15) is 8.42 Å². The zero-order chi connectivity index (χ0) is 8.04. The topological polar surface area (TPSA) is 89.6 Å². The molecule has 0 aliphatic heterocycles. The lowest BCUT2D eigenvalue weighted by atomic mass is 10.5. The van der Waals surface area contributed by atoms with Crippen molar-refractivity contribution in [1.82, 2.24) is 0 Å². The van der Waals surface area contributed by atoms with Crippen molar-refractivity contribution in [1.29, 1.82) is 0 Å². The second-order valence-electron chi connectivity index (χ2n) is 1.62. The van der Waals surface area contributed by atoms with Gasteiger partial charge in [0.1, 0.15) is 5.88 Å². The molecule has 0 rings (SSSR count). The van der Waals surface area contributed by atoms with Crippen LogP contribution >= 0.6 is 0 Å². The van der Waals surface area contributed by atoms with Gasteiger partial charge in [-0.25, -0.2) is 0 Å². The summed E-state index contributed by atoms with van der Waals surface area (Å²) in [5, 5.41) is 8.23. The fourth-order valence-corrected chi connectivity index (χ4v) is 0.767. The third-order valence-corrected chi connectivity index (χ3v) is 1.70. The molecule has 0 aliphatic carbocycles. The van der Waals surface area contributed by atoms with Crippen molar-refractivity contribution in [2.75, 3.05) is 19.1 Å². The van der Waals surface area contributed by atoms with E-state index in [2.05, 4.69) is 4.18 Å². The highest BCUT2D eigenvalue weighted by atomic mass is 32.2. The predicted octanol–water partition coefficient (Wildman–Crippen LogP) is -1.37. The number of hydrogen-bond acceptors (Lipinski definition) is 5. The zero-order valence-electron chi connectivity index (χ0n) is 5.49. The van der Waals surface area contributed by atoms with Crippen LogP contribution in [0.2, 0.25) is 0 Å². The first-order valence-electron chi connectivity index (χ1n) is 2.80. The summed E-state index contributed by atoms with van der Waals surface area (Å²) in [5.41, 5.74) is 4.81. The third-order valence-electron chi connectivity index (χ3n) is 0.769. The minimum Gasteiger partial charge on any atom is -0.396 e. The van der Waals surface area contributed by atoms with E-state index < -0.39 is 16.0 Å². The average Bonchev–Trinajstić information content (AvgIpc) is 1.89. The van der Waals surface area contributed by atoms with E-state index in [1.54, 1.807) is 0 Å². The molecule has 0 saturated heterocycles. The Kier molecular flexibility index (Phi) is 4.54. The molecule has 0 bridgehead atoms. The van der Waals surface area contributed by atoms with E-state index in [1.165, 1.54) is 0 Å². The molecule has 0 aromatic carbocycles. The molecule has 10 heavy (non-hydrogen) atoms. The summed E-state index contributed by atoms with van der Waals surface area (Å²) in [6, 6.07) is 0. The molecule has 0 radical (unpaired) electrons. The molecule has 0 saturated carbocycles. The van der Waals surface area contributed by atoms with Gasteiger partial charge < -0.3 is 10.8 Å². The molecule has 0 aromatic heterocycles. The molecule has 0 fully saturated rings. The Bertz CT molecular complexity index is 164. The Labute approximate surface area is 59.9 Å². The maximum Gasteiger partial charge on any atom is 0.280 e. The molecule has 0 amide bonds. The number of hydrogen-bond donors (Lipinski definition) is 2. The maximum atomic E-state index is 10.4. The molecule has 0 unspecified atom stereocenters. The van der Waals surface area contributed by atoms with E-state index in [1.807, 2.05) is 0 Å². The van der Waals surface area contributed by atoms with E-state index in [4.69, 9.17) is 10.8 Å². The Morgan fingerprint density at radius 1 is 1.50 bits per heavy atom. The lowest BCUT2D eigenvalue weighted by Crippen LogP contribution is -2.18. The largest absolute Gasteiger partial charge is 0.396 e. The fraction of sp³-hybridized carbons (Fsp3) is 1.00. The van der Waals surface area contributed by atoms with Crippen molar-refractivity contribution >= 4 is 10.1 Å². The molecule has 0 atom stereocenters. The minimum atomic E-state index is -3.53. The second kappa shape index (κ2) is 4.62. The zero-order valence-corrected chi connectivity index (χ0v) is 6.30. The SMILES string of the molecule is NCS(=O)(=O)OCCCO. The van der Waals surface area contributed by atoms with Gasteiger partial charge in [-0.3, -0.25) is 4.18 Å². The smallest absolute Gasteiger partial charge is 0.280 e. The van der Waals surface area contributed by atoms with Crippen molar-refractivity contribution in [2.45, 2.75) is 6.42 Å². The summed E-state index contributed by atoms with van der Waals surface area (Å²) in [4.78, 5) is 0. The van der Waals surface area contributed by atoms with Gasteiger partial charge in [0.05, 0.1) is 6.61 Å². The maximum absolute atomic E-state index is 10.4. The lowest BCUT2D eigenvalue weighted by Gasteiger charge is -1.99. The normalized spacial score (nSPS) is 11.8. The van der Waals surface area contributed by atoms with Gasteiger partial charge in [0, 0.05) is 6.61 Å². The van der Waals surface area contributed by atoms with Crippen LogP contribution < -0.4 is 5.73 Å². The van der Waals surface area contributed by atoms with Gasteiger partial charge in [0.25, 0.3) is 10.1 Å². The summed E-state index contributed by atoms with van der Waals surface area (Å²) in [6.45, 7) is -0.0872. The van der Waals surface area contributed by atoms with E-state index in [-0.39, 0.29) is 13.2 Å². The van der Waals surface area contributed by atoms with Crippen LogP contribution in [0.5, 0.6) is 0 Å². The molecule has 0 aliphatic rings. The highest BCUT2D eigenvalue weighted by Gasteiger charge is 2.05. The summed E-state index contributed by atoms with van der Waals surface area (Å²) in [7, 11) is -3.53. The third kappa shape index (κ3) is 4.68. The van der Waals surface area contributed by atoms with Crippen molar-refractivity contribution in [3.05, 3.63) is 0 Å². The van der Waals surface area contributed by atoms with E-state index in [0.717, 1.165) is 0 Å². The molecular weight excluding hydrogens is 158 g/mol. The van der Waals surface area contributed by atoms with Crippen molar-refractivity contribution in [3.63, 3.8) is 0 Å².